The molecule has 0 spiro atoms. The third kappa shape index (κ3) is 5.02. The Bertz CT molecular complexity index is 236. The normalized spacial score (nSPS) is 24.2. The summed E-state index contributed by atoms with van der Waals surface area (Å²) in [6, 6.07) is 0.252. The number of nitrogens with one attached hydrogen (secondary N) is 2. The highest BCUT2D eigenvalue weighted by atomic mass is 16.5. The summed E-state index contributed by atoms with van der Waals surface area (Å²) < 4.78 is 5.13. The summed E-state index contributed by atoms with van der Waals surface area (Å²) in [6.07, 6.45) is 2.52. The van der Waals surface area contributed by atoms with Crippen LogP contribution in [-0.2, 0) is 9.53 Å². The molecule has 1 unspecified atom stereocenters. The number of amides is 1. The minimum Gasteiger partial charge on any atom is -0.386 e. The first-order chi connectivity index (χ1) is 8.09. The largest absolute Gasteiger partial charge is 0.386 e. The van der Waals surface area contributed by atoms with Gasteiger partial charge in [-0.05, 0) is 12.8 Å². The summed E-state index contributed by atoms with van der Waals surface area (Å²) in [6.45, 7) is 5.72. The quantitative estimate of drug-likeness (QED) is 0.591. The Kier molecular flexibility index (Phi) is 5.88. The summed E-state index contributed by atoms with van der Waals surface area (Å²) in [4.78, 5) is 11.6. The average Bonchev–Trinajstić information content (AvgIpc) is 2.73. The predicted octanol–water partition coefficient (Wildman–Crippen LogP) is 0.0322. The van der Waals surface area contributed by atoms with E-state index in [2.05, 4.69) is 24.5 Å². The lowest BCUT2D eigenvalue weighted by molar-refractivity contribution is -0.121. The molecule has 0 saturated carbocycles. The zero-order valence-electron chi connectivity index (χ0n) is 10.8. The van der Waals surface area contributed by atoms with Crippen LogP contribution in [-0.4, -0.2) is 49.0 Å². The van der Waals surface area contributed by atoms with Crippen LogP contribution in [0.2, 0.25) is 0 Å². The highest BCUT2D eigenvalue weighted by molar-refractivity contribution is 5.78. The Labute approximate surface area is 103 Å². The van der Waals surface area contributed by atoms with Crippen molar-refractivity contribution >= 4 is 5.91 Å². The Morgan fingerprint density at radius 1 is 1.47 bits per heavy atom. The van der Waals surface area contributed by atoms with Crippen molar-refractivity contribution in [3.05, 3.63) is 0 Å². The summed E-state index contributed by atoms with van der Waals surface area (Å²) >= 11 is 0. The van der Waals surface area contributed by atoms with Gasteiger partial charge in [-0.15, -0.1) is 0 Å². The topological polar surface area (TPSA) is 70.6 Å². The molecule has 100 valence electrons. The van der Waals surface area contributed by atoms with Gasteiger partial charge in [0.2, 0.25) is 5.91 Å². The van der Waals surface area contributed by atoms with Gasteiger partial charge in [-0.1, -0.05) is 13.8 Å². The lowest BCUT2D eigenvalue weighted by Crippen LogP contribution is -2.46. The number of ether oxygens (including phenoxy) is 1. The zero-order chi connectivity index (χ0) is 12.7. The van der Waals surface area contributed by atoms with Crippen LogP contribution in [0.15, 0.2) is 0 Å². The van der Waals surface area contributed by atoms with Crippen molar-refractivity contribution in [3.63, 3.8) is 0 Å². The molecule has 1 fully saturated rings. The minimum atomic E-state index is -0.796. The van der Waals surface area contributed by atoms with Gasteiger partial charge in [0.25, 0.3) is 0 Å². The van der Waals surface area contributed by atoms with Crippen molar-refractivity contribution in [1.29, 1.82) is 0 Å². The number of carbonyl (C=O) groups is 1. The maximum Gasteiger partial charge on any atom is 0.234 e. The first-order valence-corrected chi connectivity index (χ1v) is 6.40. The molecule has 0 aromatic rings. The van der Waals surface area contributed by atoms with Gasteiger partial charge in [-0.25, -0.2) is 0 Å². The van der Waals surface area contributed by atoms with E-state index in [0.717, 1.165) is 12.8 Å². The number of hydrogen-bond acceptors (Lipinski definition) is 4. The predicted molar refractivity (Wildman–Crippen MR) is 65.8 cm³/mol. The van der Waals surface area contributed by atoms with E-state index in [0.29, 0.717) is 26.2 Å². The molecule has 0 bridgehead atoms. The average molecular weight is 244 g/mol. The van der Waals surface area contributed by atoms with Gasteiger partial charge in [-0.2, -0.15) is 0 Å². The Morgan fingerprint density at radius 3 is 2.71 bits per heavy atom. The van der Waals surface area contributed by atoms with E-state index in [9.17, 15) is 9.90 Å². The maximum absolute atomic E-state index is 11.6. The molecular weight excluding hydrogens is 220 g/mol. The van der Waals surface area contributed by atoms with Gasteiger partial charge < -0.3 is 20.5 Å². The van der Waals surface area contributed by atoms with E-state index >= 15 is 0 Å². The summed E-state index contributed by atoms with van der Waals surface area (Å²) in [5.41, 5.74) is -0.796. The van der Waals surface area contributed by atoms with E-state index in [4.69, 9.17) is 4.74 Å². The first kappa shape index (κ1) is 14.4. The number of aliphatic hydroxyl groups is 1. The van der Waals surface area contributed by atoms with Gasteiger partial charge in [0.05, 0.1) is 13.2 Å². The molecular formula is C12H24N2O3. The van der Waals surface area contributed by atoms with E-state index in [1.807, 2.05) is 0 Å². The molecule has 1 aliphatic rings. The highest BCUT2D eigenvalue weighted by Gasteiger charge is 2.31. The molecule has 0 aromatic carbocycles. The highest BCUT2D eigenvalue weighted by Crippen LogP contribution is 2.16. The fourth-order valence-corrected chi connectivity index (χ4v) is 1.92. The van der Waals surface area contributed by atoms with Crippen LogP contribution >= 0.6 is 0 Å². The second kappa shape index (κ2) is 6.93. The van der Waals surface area contributed by atoms with Gasteiger partial charge in [-0.3, -0.25) is 4.79 Å². The monoisotopic (exact) mass is 244 g/mol. The van der Waals surface area contributed by atoms with Crippen molar-refractivity contribution < 1.29 is 14.6 Å². The molecule has 1 aliphatic heterocycles. The molecule has 5 nitrogen and oxygen atoms in total. The Hall–Kier alpha value is -0.650. The minimum absolute atomic E-state index is 0.0128. The fourth-order valence-electron chi connectivity index (χ4n) is 1.92. The van der Waals surface area contributed by atoms with Gasteiger partial charge in [0.1, 0.15) is 5.60 Å². The van der Waals surface area contributed by atoms with Crippen LogP contribution in [0.4, 0.5) is 0 Å². The van der Waals surface area contributed by atoms with Crippen LogP contribution in [0.25, 0.3) is 0 Å². The third-order valence-electron chi connectivity index (χ3n) is 3.17. The molecule has 1 heterocycles. The number of carbonyl (C=O) groups excluding carboxylic acids is 1. The van der Waals surface area contributed by atoms with Crippen LogP contribution in [0.3, 0.4) is 0 Å². The summed E-state index contributed by atoms with van der Waals surface area (Å²) in [7, 11) is 0. The van der Waals surface area contributed by atoms with Crippen molar-refractivity contribution in [3.8, 4) is 0 Å². The van der Waals surface area contributed by atoms with Crippen LogP contribution in [0.1, 0.15) is 33.1 Å². The van der Waals surface area contributed by atoms with Crippen molar-refractivity contribution in [2.24, 2.45) is 0 Å². The second-order valence-electron chi connectivity index (χ2n) is 4.71. The molecule has 1 saturated heterocycles. The molecule has 0 aromatic heterocycles. The van der Waals surface area contributed by atoms with E-state index in [-0.39, 0.29) is 18.5 Å². The Balaban J connectivity index is 2.15. The number of hydrogen-bond donors (Lipinski definition) is 3. The fraction of sp³-hybridized carbons (Fsp3) is 0.917. The molecule has 1 rings (SSSR count). The van der Waals surface area contributed by atoms with Crippen molar-refractivity contribution in [2.45, 2.75) is 44.8 Å². The summed E-state index contributed by atoms with van der Waals surface area (Å²) in [5, 5.41) is 15.9. The molecule has 3 N–H and O–H groups in total. The number of rotatable bonds is 7. The van der Waals surface area contributed by atoms with Crippen molar-refractivity contribution in [1.82, 2.24) is 10.6 Å². The third-order valence-corrected chi connectivity index (χ3v) is 3.17. The van der Waals surface area contributed by atoms with E-state index in [1.165, 1.54) is 0 Å². The first-order valence-electron chi connectivity index (χ1n) is 6.40. The van der Waals surface area contributed by atoms with E-state index in [1.54, 1.807) is 0 Å². The smallest absolute Gasteiger partial charge is 0.234 e. The standard InChI is InChI=1S/C12H24N2O3/c1-3-10(4-2)14-11(15)7-13-8-12(16)5-6-17-9-12/h10,13,16H,3-9H2,1-2H3,(H,14,15). The molecule has 5 heteroatoms. The molecule has 0 aliphatic carbocycles. The molecule has 1 atom stereocenters. The maximum atomic E-state index is 11.6. The zero-order valence-corrected chi connectivity index (χ0v) is 10.8. The molecule has 17 heavy (non-hydrogen) atoms. The van der Waals surface area contributed by atoms with Gasteiger partial charge >= 0.3 is 0 Å². The van der Waals surface area contributed by atoms with E-state index < -0.39 is 5.60 Å². The van der Waals surface area contributed by atoms with Gasteiger partial charge in [0, 0.05) is 25.6 Å². The van der Waals surface area contributed by atoms with Crippen LogP contribution in [0.5, 0.6) is 0 Å². The Morgan fingerprint density at radius 2 is 2.18 bits per heavy atom. The SMILES string of the molecule is CCC(CC)NC(=O)CNCC1(O)CCOC1. The van der Waals surface area contributed by atoms with Crippen LogP contribution in [0, 0.1) is 0 Å². The van der Waals surface area contributed by atoms with Crippen LogP contribution < -0.4 is 10.6 Å². The second-order valence-corrected chi connectivity index (χ2v) is 4.71. The summed E-state index contributed by atoms with van der Waals surface area (Å²) in [5.74, 6) is -0.0128. The van der Waals surface area contributed by atoms with Gasteiger partial charge in [0.15, 0.2) is 0 Å². The molecule has 0 radical (unpaired) electrons. The lowest BCUT2D eigenvalue weighted by atomic mass is 10.0. The molecule has 1 amide bonds. The lowest BCUT2D eigenvalue weighted by Gasteiger charge is -2.21. The van der Waals surface area contributed by atoms with Crippen molar-refractivity contribution in [2.75, 3.05) is 26.3 Å².